The van der Waals surface area contributed by atoms with Gasteiger partial charge in [-0.15, -0.1) is 0 Å². The van der Waals surface area contributed by atoms with Crippen LogP contribution in [0.1, 0.15) is 38.0 Å². The van der Waals surface area contributed by atoms with E-state index in [1.54, 1.807) is 31.2 Å². The van der Waals surface area contributed by atoms with Crippen LogP contribution < -0.4 is 5.32 Å². The summed E-state index contributed by atoms with van der Waals surface area (Å²) in [4.78, 5) is 61.3. The van der Waals surface area contributed by atoms with E-state index in [4.69, 9.17) is 9.47 Å². The molecule has 9 heteroatoms. The summed E-state index contributed by atoms with van der Waals surface area (Å²) in [7, 11) is 0. The highest BCUT2D eigenvalue weighted by atomic mass is 16.5. The molecule has 2 aromatic carbocycles. The number of nitrogens with one attached hydrogen (secondary N) is 1. The Bertz CT molecular complexity index is 997. The Balaban J connectivity index is 1.55. The minimum atomic E-state index is -0.918. The van der Waals surface area contributed by atoms with E-state index in [0.717, 1.165) is 4.90 Å². The van der Waals surface area contributed by atoms with E-state index in [1.165, 1.54) is 24.3 Å². The standard InChI is InChI=1S/C21H18N2O7/c1-2-29-21(28)15-9-5-6-10-16(15)22-17(24)12-30-18(25)11-23-19(26)13-7-3-4-8-14(13)20(23)27/h3-10H,2,11-12H2,1H3,(H,22,24). The first-order valence-electron chi connectivity index (χ1n) is 9.09. The summed E-state index contributed by atoms with van der Waals surface area (Å²) in [6.07, 6.45) is 0. The first kappa shape index (κ1) is 20.7. The summed E-state index contributed by atoms with van der Waals surface area (Å²) in [5, 5.41) is 2.47. The van der Waals surface area contributed by atoms with Crippen LogP contribution in [0.2, 0.25) is 0 Å². The maximum atomic E-state index is 12.3. The van der Waals surface area contributed by atoms with Gasteiger partial charge in [0.05, 0.1) is 29.0 Å². The summed E-state index contributed by atoms with van der Waals surface area (Å²) < 4.78 is 9.79. The van der Waals surface area contributed by atoms with Gasteiger partial charge in [-0.05, 0) is 31.2 Å². The fraction of sp³-hybridized carbons (Fsp3) is 0.190. The molecular weight excluding hydrogens is 392 g/mol. The molecule has 0 spiro atoms. The van der Waals surface area contributed by atoms with Crippen molar-refractivity contribution in [3.05, 3.63) is 65.2 Å². The number of nitrogens with zero attached hydrogens (tertiary/aromatic N) is 1. The number of ether oxygens (including phenoxy) is 2. The minimum absolute atomic E-state index is 0.157. The number of benzene rings is 2. The van der Waals surface area contributed by atoms with Gasteiger partial charge >= 0.3 is 11.9 Å². The van der Waals surface area contributed by atoms with Crippen LogP contribution in [0.25, 0.3) is 0 Å². The van der Waals surface area contributed by atoms with Crippen molar-refractivity contribution in [2.75, 3.05) is 25.1 Å². The number of para-hydroxylation sites is 1. The Kier molecular flexibility index (Phi) is 6.21. The highest BCUT2D eigenvalue weighted by Gasteiger charge is 2.36. The number of carbonyl (C=O) groups excluding carboxylic acids is 5. The molecule has 0 aromatic heterocycles. The van der Waals surface area contributed by atoms with Gasteiger partial charge in [0.25, 0.3) is 17.7 Å². The molecule has 0 aliphatic carbocycles. The molecule has 0 radical (unpaired) electrons. The van der Waals surface area contributed by atoms with Crippen molar-refractivity contribution in [3.8, 4) is 0 Å². The zero-order valence-electron chi connectivity index (χ0n) is 16.0. The van der Waals surface area contributed by atoms with Gasteiger partial charge in [-0.1, -0.05) is 24.3 Å². The van der Waals surface area contributed by atoms with Crippen molar-refractivity contribution in [2.24, 2.45) is 0 Å². The molecule has 0 saturated heterocycles. The molecule has 0 bridgehead atoms. The molecule has 30 heavy (non-hydrogen) atoms. The Morgan fingerprint density at radius 1 is 0.900 bits per heavy atom. The zero-order valence-corrected chi connectivity index (χ0v) is 16.0. The third-order valence-corrected chi connectivity index (χ3v) is 4.23. The van der Waals surface area contributed by atoms with Gasteiger partial charge in [-0.3, -0.25) is 24.1 Å². The highest BCUT2D eigenvalue weighted by molar-refractivity contribution is 6.22. The fourth-order valence-electron chi connectivity index (χ4n) is 2.87. The number of rotatable bonds is 7. The van der Waals surface area contributed by atoms with Gasteiger partial charge in [0.1, 0.15) is 6.54 Å². The predicted molar refractivity (Wildman–Crippen MR) is 104 cm³/mol. The van der Waals surface area contributed by atoms with Crippen LogP contribution in [0.3, 0.4) is 0 Å². The molecule has 1 N–H and O–H groups in total. The van der Waals surface area contributed by atoms with Gasteiger partial charge in [0, 0.05) is 0 Å². The number of fused-ring (bicyclic) bond motifs is 1. The van der Waals surface area contributed by atoms with Crippen molar-refractivity contribution >= 4 is 35.3 Å². The molecule has 1 aliphatic heterocycles. The minimum Gasteiger partial charge on any atom is -0.462 e. The zero-order chi connectivity index (χ0) is 21.7. The lowest BCUT2D eigenvalue weighted by Crippen LogP contribution is -2.36. The van der Waals surface area contributed by atoms with Crippen molar-refractivity contribution in [1.29, 1.82) is 0 Å². The molecule has 1 heterocycles. The summed E-state index contributed by atoms with van der Waals surface area (Å²) >= 11 is 0. The lowest BCUT2D eigenvalue weighted by atomic mass is 10.1. The summed E-state index contributed by atoms with van der Waals surface area (Å²) in [5.74, 6) is -3.41. The summed E-state index contributed by atoms with van der Waals surface area (Å²) in [6.45, 7) is 0.571. The van der Waals surface area contributed by atoms with E-state index < -0.39 is 42.8 Å². The number of amides is 3. The topological polar surface area (TPSA) is 119 Å². The molecule has 0 saturated carbocycles. The maximum Gasteiger partial charge on any atom is 0.340 e. The summed E-state index contributed by atoms with van der Waals surface area (Å²) in [5.41, 5.74) is 0.787. The second kappa shape index (κ2) is 8.99. The Hall–Kier alpha value is -4.01. The molecule has 3 rings (SSSR count). The number of carbonyl (C=O) groups is 5. The Morgan fingerprint density at radius 2 is 1.50 bits per heavy atom. The Morgan fingerprint density at radius 3 is 2.13 bits per heavy atom. The number of hydrogen-bond acceptors (Lipinski definition) is 7. The quantitative estimate of drug-likeness (QED) is 0.544. The first-order valence-corrected chi connectivity index (χ1v) is 9.09. The van der Waals surface area contributed by atoms with Gasteiger partial charge in [-0.25, -0.2) is 4.79 Å². The van der Waals surface area contributed by atoms with Gasteiger partial charge in [0.15, 0.2) is 6.61 Å². The number of anilines is 1. The van der Waals surface area contributed by atoms with Crippen LogP contribution in [0.15, 0.2) is 48.5 Å². The van der Waals surface area contributed by atoms with Crippen molar-refractivity contribution in [1.82, 2.24) is 4.90 Å². The van der Waals surface area contributed by atoms with Crippen LogP contribution >= 0.6 is 0 Å². The first-order chi connectivity index (χ1) is 14.4. The highest BCUT2D eigenvalue weighted by Crippen LogP contribution is 2.22. The van der Waals surface area contributed by atoms with Gasteiger partial charge in [-0.2, -0.15) is 0 Å². The van der Waals surface area contributed by atoms with E-state index in [2.05, 4.69) is 5.32 Å². The van der Waals surface area contributed by atoms with Crippen LogP contribution in [0.5, 0.6) is 0 Å². The second-order valence-corrected chi connectivity index (χ2v) is 6.22. The predicted octanol–water partition coefficient (Wildman–Crippen LogP) is 1.64. The third kappa shape index (κ3) is 4.35. The average molecular weight is 410 g/mol. The smallest absolute Gasteiger partial charge is 0.340 e. The van der Waals surface area contributed by atoms with Crippen LogP contribution in [0, 0.1) is 0 Å². The normalized spacial score (nSPS) is 12.4. The van der Waals surface area contributed by atoms with E-state index >= 15 is 0 Å². The lowest BCUT2D eigenvalue weighted by Gasteiger charge is -2.13. The molecule has 1 aliphatic rings. The molecule has 0 unspecified atom stereocenters. The van der Waals surface area contributed by atoms with Crippen molar-refractivity contribution in [3.63, 3.8) is 0 Å². The fourth-order valence-corrected chi connectivity index (χ4v) is 2.87. The van der Waals surface area contributed by atoms with Crippen LogP contribution in [-0.2, 0) is 19.1 Å². The lowest BCUT2D eigenvalue weighted by molar-refractivity contribution is -0.147. The van der Waals surface area contributed by atoms with E-state index in [0.29, 0.717) is 0 Å². The second-order valence-electron chi connectivity index (χ2n) is 6.22. The largest absolute Gasteiger partial charge is 0.462 e. The molecule has 2 aromatic rings. The molecule has 0 fully saturated rings. The van der Waals surface area contributed by atoms with E-state index in [-0.39, 0.29) is 29.0 Å². The van der Waals surface area contributed by atoms with Crippen LogP contribution in [-0.4, -0.2) is 54.3 Å². The maximum absolute atomic E-state index is 12.3. The van der Waals surface area contributed by atoms with Crippen molar-refractivity contribution < 1.29 is 33.4 Å². The SMILES string of the molecule is CCOC(=O)c1ccccc1NC(=O)COC(=O)CN1C(=O)c2ccccc2C1=O. The number of hydrogen-bond donors (Lipinski definition) is 1. The average Bonchev–Trinajstić information content (AvgIpc) is 2.98. The number of esters is 2. The van der Waals surface area contributed by atoms with E-state index in [9.17, 15) is 24.0 Å². The monoisotopic (exact) mass is 410 g/mol. The van der Waals surface area contributed by atoms with Crippen LogP contribution in [0.4, 0.5) is 5.69 Å². The molecule has 3 amide bonds. The summed E-state index contributed by atoms with van der Waals surface area (Å²) in [6, 6.07) is 12.4. The third-order valence-electron chi connectivity index (χ3n) is 4.23. The molecule has 0 atom stereocenters. The Labute approximate surface area is 171 Å². The molecular formula is C21H18N2O7. The van der Waals surface area contributed by atoms with Crippen molar-refractivity contribution in [2.45, 2.75) is 6.92 Å². The number of imide groups is 1. The van der Waals surface area contributed by atoms with Gasteiger partial charge in [0.2, 0.25) is 0 Å². The van der Waals surface area contributed by atoms with E-state index in [1.807, 2.05) is 0 Å². The van der Waals surface area contributed by atoms with Gasteiger partial charge < -0.3 is 14.8 Å². The molecule has 154 valence electrons. The molecule has 9 nitrogen and oxygen atoms in total.